The molecule has 0 heterocycles. The molecule has 0 spiro atoms. The Hall–Kier alpha value is -0.870. The van der Waals surface area contributed by atoms with Crippen LogP contribution < -0.4 is 10.6 Å². The lowest BCUT2D eigenvalue weighted by atomic mass is 9.79. The van der Waals surface area contributed by atoms with Crippen LogP contribution in [0.5, 0.6) is 0 Å². The van der Waals surface area contributed by atoms with Crippen LogP contribution >= 0.6 is 0 Å². The van der Waals surface area contributed by atoms with Gasteiger partial charge < -0.3 is 15.7 Å². The van der Waals surface area contributed by atoms with Gasteiger partial charge in [-0.25, -0.2) is 0 Å². The third-order valence-corrected chi connectivity index (χ3v) is 3.80. The third kappa shape index (κ3) is 4.78. The quantitative estimate of drug-likeness (QED) is 0.595. The van der Waals surface area contributed by atoms with Crippen LogP contribution in [0.25, 0.3) is 0 Å². The van der Waals surface area contributed by atoms with Gasteiger partial charge in [-0.05, 0) is 38.1 Å². The van der Waals surface area contributed by atoms with E-state index in [9.17, 15) is 9.90 Å². The molecule has 3 atom stereocenters. The van der Waals surface area contributed by atoms with Gasteiger partial charge in [0.15, 0.2) is 0 Å². The first-order chi connectivity index (χ1) is 8.69. The highest BCUT2D eigenvalue weighted by Gasteiger charge is 2.25. The lowest BCUT2D eigenvalue weighted by Crippen LogP contribution is -2.45. The fourth-order valence-electron chi connectivity index (χ4n) is 2.54. The Morgan fingerprint density at radius 2 is 2.11 bits per heavy atom. The fraction of sp³-hybridized carbons (Fsp3) is 0.786. The van der Waals surface area contributed by atoms with E-state index in [-0.39, 0.29) is 18.6 Å². The number of nitrogens with one attached hydrogen (secondary N) is 2. The van der Waals surface area contributed by atoms with Crippen molar-refractivity contribution in [1.29, 1.82) is 0 Å². The minimum Gasteiger partial charge on any atom is -0.396 e. The molecule has 0 saturated heterocycles. The van der Waals surface area contributed by atoms with E-state index in [4.69, 9.17) is 0 Å². The first-order valence-electron chi connectivity index (χ1n) is 6.91. The molecular weight excluding hydrogens is 228 g/mol. The number of hydrogen-bond donors (Lipinski definition) is 3. The van der Waals surface area contributed by atoms with Gasteiger partial charge in [0.2, 0.25) is 5.91 Å². The van der Waals surface area contributed by atoms with E-state index in [0.29, 0.717) is 18.4 Å². The number of rotatable bonds is 7. The monoisotopic (exact) mass is 254 g/mol. The minimum absolute atomic E-state index is 0.00579. The standard InChI is InChI=1S/C14H26N2O2/c1-3-8-15-14(18)11(2)16-9-12-6-4-5-7-13(12)10-17/h3,11-13,16-17H,1,4-10H2,2H3,(H,15,18). The number of amides is 1. The summed E-state index contributed by atoms with van der Waals surface area (Å²) in [4.78, 5) is 11.7. The van der Waals surface area contributed by atoms with E-state index in [1.807, 2.05) is 6.92 Å². The summed E-state index contributed by atoms with van der Waals surface area (Å²) < 4.78 is 0. The second-order valence-corrected chi connectivity index (χ2v) is 5.15. The lowest BCUT2D eigenvalue weighted by molar-refractivity contribution is -0.122. The van der Waals surface area contributed by atoms with Crippen molar-refractivity contribution in [2.75, 3.05) is 19.7 Å². The van der Waals surface area contributed by atoms with Crippen LogP contribution in [0.4, 0.5) is 0 Å². The zero-order chi connectivity index (χ0) is 13.4. The molecule has 1 aliphatic carbocycles. The van der Waals surface area contributed by atoms with Crippen molar-refractivity contribution in [2.45, 2.75) is 38.6 Å². The van der Waals surface area contributed by atoms with Gasteiger partial charge in [0.05, 0.1) is 6.04 Å². The van der Waals surface area contributed by atoms with Crippen molar-refractivity contribution >= 4 is 5.91 Å². The Bertz CT molecular complexity index is 269. The summed E-state index contributed by atoms with van der Waals surface area (Å²) in [5.41, 5.74) is 0. The van der Waals surface area contributed by atoms with E-state index in [1.165, 1.54) is 12.8 Å². The zero-order valence-corrected chi connectivity index (χ0v) is 11.3. The molecule has 0 aliphatic heterocycles. The molecule has 0 aromatic heterocycles. The first-order valence-corrected chi connectivity index (χ1v) is 6.91. The predicted molar refractivity (Wildman–Crippen MR) is 73.2 cm³/mol. The van der Waals surface area contributed by atoms with Crippen LogP contribution in [0.2, 0.25) is 0 Å². The Kier molecular flexibility index (Phi) is 6.98. The number of aliphatic hydroxyl groups excluding tert-OH is 1. The molecule has 1 fully saturated rings. The summed E-state index contributed by atoms with van der Waals surface area (Å²) in [7, 11) is 0. The lowest BCUT2D eigenvalue weighted by Gasteiger charge is -2.31. The summed E-state index contributed by atoms with van der Waals surface area (Å²) in [6.07, 6.45) is 6.39. The molecule has 3 N–H and O–H groups in total. The summed E-state index contributed by atoms with van der Waals surface area (Å²) in [5.74, 6) is 0.902. The van der Waals surface area contributed by atoms with Crippen molar-refractivity contribution < 1.29 is 9.90 Å². The molecular formula is C14H26N2O2. The Balaban J connectivity index is 2.29. The minimum atomic E-state index is -0.189. The fourth-order valence-corrected chi connectivity index (χ4v) is 2.54. The zero-order valence-electron chi connectivity index (χ0n) is 11.3. The summed E-state index contributed by atoms with van der Waals surface area (Å²) in [5, 5.41) is 15.4. The highest BCUT2D eigenvalue weighted by atomic mass is 16.3. The van der Waals surface area contributed by atoms with Crippen molar-refractivity contribution in [1.82, 2.24) is 10.6 Å². The Morgan fingerprint density at radius 1 is 1.44 bits per heavy atom. The van der Waals surface area contributed by atoms with E-state index in [2.05, 4.69) is 17.2 Å². The summed E-state index contributed by atoms with van der Waals surface area (Å²) >= 11 is 0. The highest BCUT2D eigenvalue weighted by molar-refractivity contribution is 5.81. The molecule has 1 aliphatic rings. The molecule has 4 nitrogen and oxygen atoms in total. The molecule has 18 heavy (non-hydrogen) atoms. The molecule has 1 saturated carbocycles. The highest BCUT2D eigenvalue weighted by Crippen LogP contribution is 2.29. The molecule has 4 heteroatoms. The van der Waals surface area contributed by atoms with Crippen molar-refractivity contribution in [3.05, 3.63) is 12.7 Å². The second-order valence-electron chi connectivity index (χ2n) is 5.15. The van der Waals surface area contributed by atoms with Gasteiger partial charge in [-0.1, -0.05) is 18.9 Å². The van der Waals surface area contributed by atoms with Crippen LogP contribution in [0.1, 0.15) is 32.6 Å². The van der Waals surface area contributed by atoms with Crippen molar-refractivity contribution in [3.8, 4) is 0 Å². The third-order valence-electron chi connectivity index (χ3n) is 3.80. The Labute approximate surface area is 110 Å². The van der Waals surface area contributed by atoms with Gasteiger partial charge >= 0.3 is 0 Å². The van der Waals surface area contributed by atoms with E-state index < -0.39 is 0 Å². The maximum absolute atomic E-state index is 11.7. The van der Waals surface area contributed by atoms with Gasteiger partial charge in [-0.15, -0.1) is 6.58 Å². The van der Waals surface area contributed by atoms with Gasteiger partial charge in [-0.3, -0.25) is 4.79 Å². The van der Waals surface area contributed by atoms with E-state index >= 15 is 0 Å². The second kappa shape index (κ2) is 8.27. The molecule has 3 unspecified atom stereocenters. The van der Waals surface area contributed by atoms with Gasteiger partial charge in [0, 0.05) is 13.2 Å². The number of hydrogen-bond acceptors (Lipinski definition) is 3. The van der Waals surface area contributed by atoms with Crippen LogP contribution in [-0.2, 0) is 4.79 Å². The average Bonchev–Trinajstić information content (AvgIpc) is 2.42. The summed E-state index contributed by atoms with van der Waals surface area (Å²) in [6.45, 7) is 7.03. The van der Waals surface area contributed by atoms with Crippen LogP contribution in [0, 0.1) is 11.8 Å². The number of aliphatic hydroxyl groups is 1. The molecule has 0 radical (unpaired) electrons. The molecule has 0 aromatic rings. The molecule has 0 bridgehead atoms. The van der Waals surface area contributed by atoms with Gasteiger partial charge in [0.1, 0.15) is 0 Å². The molecule has 1 amide bonds. The first kappa shape index (κ1) is 15.2. The Morgan fingerprint density at radius 3 is 2.72 bits per heavy atom. The van der Waals surface area contributed by atoms with E-state index in [0.717, 1.165) is 19.4 Å². The van der Waals surface area contributed by atoms with Gasteiger partial charge in [0.25, 0.3) is 0 Å². The SMILES string of the molecule is C=CCNC(=O)C(C)NCC1CCCCC1CO. The molecule has 0 aromatic carbocycles. The number of carbonyl (C=O) groups excluding carboxylic acids is 1. The van der Waals surface area contributed by atoms with Crippen molar-refractivity contribution in [3.63, 3.8) is 0 Å². The number of carbonyl (C=O) groups is 1. The van der Waals surface area contributed by atoms with E-state index in [1.54, 1.807) is 6.08 Å². The average molecular weight is 254 g/mol. The topological polar surface area (TPSA) is 61.4 Å². The smallest absolute Gasteiger partial charge is 0.237 e. The largest absolute Gasteiger partial charge is 0.396 e. The van der Waals surface area contributed by atoms with Crippen LogP contribution in [0.3, 0.4) is 0 Å². The van der Waals surface area contributed by atoms with Gasteiger partial charge in [-0.2, -0.15) is 0 Å². The van der Waals surface area contributed by atoms with Crippen molar-refractivity contribution in [2.24, 2.45) is 11.8 Å². The normalized spacial score (nSPS) is 25.4. The molecule has 104 valence electrons. The molecule has 1 rings (SSSR count). The summed E-state index contributed by atoms with van der Waals surface area (Å²) in [6, 6.07) is -0.189. The predicted octanol–water partition coefficient (Wildman–Crippen LogP) is 1.07. The maximum atomic E-state index is 11.7. The van der Waals surface area contributed by atoms with Crippen LogP contribution in [-0.4, -0.2) is 36.8 Å². The van der Waals surface area contributed by atoms with Crippen LogP contribution in [0.15, 0.2) is 12.7 Å². The maximum Gasteiger partial charge on any atom is 0.237 e.